The first-order valence-corrected chi connectivity index (χ1v) is 4.58. The SMILES string of the molecule is FC(F)c1ccc(Br)c(I)n1. The summed E-state index contributed by atoms with van der Waals surface area (Å²) in [7, 11) is 0. The van der Waals surface area contributed by atoms with Crippen molar-refractivity contribution in [3.05, 3.63) is 26.0 Å². The minimum absolute atomic E-state index is 0.183. The van der Waals surface area contributed by atoms with Crippen LogP contribution in [0.4, 0.5) is 8.78 Å². The predicted octanol–water partition coefficient (Wildman–Crippen LogP) is 3.39. The third-order valence-corrected chi connectivity index (χ3v) is 3.25. The number of halogens is 4. The molecule has 1 heterocycles. The topological polar surface area (TPSA) is 12.9 Å². The Bertz CT molecular complexity index is 267. The van der Waals surface area contributed by atoms with Crippen molar-refractivity contribution in [3.8, 4) is 0 Å². The summed E-state index contributed by atoms with van der Waals surface area (Å²) < 4.78 is 25.3. The molecule has 0 N–H and O–H groups in total. The van der Waals surface area contributed by atoms with Gasteiger partial charge in [-0.1, -0.05) is 0 Å². The zero-order valence-corrected chi connectivity index (χ0v) is 8.93. The smallest absolute Gasteiger partial charge is 0.240 e. The molecule has 0 aliphatic carbocycles. The second-order valence-corrected chi connectivity index (χ2v) is 3.69. The molecule has 1 rings (SSSR count). The van der Waals surface area contributed by atoms with Gasteiger partial charge in [-0.15, -0.1) is 0 Å². The number of hydrogen-bond acceptors (Lipinski definition) is 1. The maximum Gasteiger partial charge on any atom is 0.280 e. The van der Waals surface area contributed by atoms with Gasteiger partial charge < -0.3 is 0 Å². The standard InChI is InChI=1S/C6H3BrF2IN/c7-3-1-2-4(5(8)9)11-6(3)10/h1-2,5H. The molecular weight excluding hydrogens is 331 g/mol. The second kappa shape index (κ2) is 3.75. The summed E-state index contributed by atoms with van der Waals surface area (Å²) in [5, 5.41) is 0. The zero-order chi connectivity index (χ0) is 8.43. The summed E-state index contributed by atoms with van der Waals surface area (Å²) in [4.78, 5) is 3.66. The highest BCUT2D eigenvalue weighted by atomic mass is 127. The molecule has 0 unspecified atom stereocenters. The van der Waals surface area contributed by atoms with E-state index < -0.39 is 6.43 Å². The lowest BCUT2D eigenvalue weighted by Gasteiger charge is -1.99. The van der Waals surface area contributed by atoms with Gasteiger partial charge in [0.15, 0.2) is 0 Å². The molecule has 0 atom stereocenters. The Labute approximate surface area is 84.5 Å². The number of nitrogens with zero attached hydrogens (tertiary/aromatic N) is 1. The summed E-state index contributed by atoms with van der Waals surface area (Å²) in [6, 6.07) is 2.87. The zero-order valence-electron chi connectivity index (χ0n) is 5.19. The lowest BCUT2D eigenvalue weighted by molar-refractivity contribution is 0.146. The van der Waals surface area contributed by atoms with E-state index in [4.69, 9.17) is 0 Å². The van der Waals surface area contributed by atoms with Crippen molar-refractivity contribution < 1.29 is 8.78 Å². The first-order chi connectivity index (χ1) is 5.11. The average molecular weight is 334 g/mol. The van der Waals surface area contributed by atoms with Gasteiger partial charge in [-0.3, -0.25) is 0 Å². The van der Waals surface area contributed by atoms with Crippen LogP contribution in [0.25, 0.3) is 0 Å². The molecule has 1 aromatic rings. The molecule has 60 valence electrons. The molecule has 0 saturated heterocycles. The van der Waals surface area contributed by atoms with Crippen molar-refractivity contribution in [2.24, 2.45) is 0 Å². The summed E-state index contributed by atoms with van der Waals surface area (Å²) in [6.45, 7) is 0. The third-order valence-electron chi connectivity index (χ3n) is 1.05. The first-order valence-electron chi connectivity index (χ1n) is 2.71. The van der Waals surface area contributed by atoms with E-state index in [-0.39, 0.29) is 5.69 Å². The largest absolute Gasteiger partial charge is 0.280 e. The Balaban J connectivity index is 3.05. The van der Waals surface area contributed by atoms with Crippen LogP contribution in [0.3, 0.4) is 0 Å². The predicted molar refractivity (Wildman–Crippen MR) is 49.6 cm³/mol. The van der Waals surface area contributed by atoms with Crippen LogP contribution in [0, 0.1) is 3.70 Å². The second-order valence-electron chi connectivity index (χ2n) is 1.81. The Hall–Kier alpha value is 0.220. The van der Waals surface area contributed by atoms with E-state index in [2.05, 4.69) is 20.9 Å². The van der Waals surface area contributed by atoms with Crippen molar-refractivity contribution in [2.75, 3.05) is 0 Å². The molecule has 0 aliphatic rings. The molecule has 1 aromatic heterocycles. The molecule has 0 fully saturated rings. The molecule has 0 amide bonds. The van der Waals surface area contributed by atoms with Gasteiger partial charge >= 0.3 is 0 Å². The molecule has 0 saturated carbocycles. The lowest BCUT2D eigenvalue weighted by atomic mass is 10.4. The molecule has 11 heavy (non-hydrogen) atoms. The number of aromatic nitrogens is 1. The monoisotopic (exact) mass is 333 g/mol. The summed E-state index contributed by atoms with van der Waals surface area (Å²) in [6.07, 6.45) is -2.49. The molecule has 0 aromatic carbocycles. The van der Waals surface area contributed by atoms with Crippen LogP contribution < -0.4 is 0 Å². The van der Waals surface area contributed by atoms with Gasteiger partial charge in [0.1, 0.15) is 9.39 Å². The fraction of sp³-hybridized carbons (Fsp3) is 0.167. The van der Waals surface area contributed by atoms with E-state index in [1.54, 1.807) is 6.07 Å². The van der Waals surface area contributed by atoms with E-state index in [0.29, 0.717) is 3.70 Å². The summed E-state index contributed by atoms with van der Waals surface area (Å²) >= 11 is 5.06. The van der Waals surface area contributed by atoms with Gasteiger partial charge in [-0.25, -0.2) is 13.8 Å². The number of rotatable bonds is 1. The van der Waals surface area contributed by atoms with Gasteiger partial charge in [-0.2, -0.15) is 0 Å². The minimum Gasteiger partial charge on any atom is -0.240 e. The lowest BCUT2D eigenvalue weighted by Crippen LogP contribution is -1.92. The van der Waals surface area contributed by atoms with Crippen LogP contribution >= 0.6 is 38.5 Å². The molecule has 5 heteroatoms. The average Bonchev–Trinajstić information content (AvgIpc) is 1.94. The van der Waals surface area contributed by atoms with Crippen molar-refractivity contribution in [2.45, 2.75) is 6.43 Å². The molecule has 0 aliphatic heterocycles. The minimum atomic E-state index is -2.49. The summed E-state index contributed by atoms with van der Waals surface area (Å²) in [5.74, 6) is 0. The van der Waals surface area contributed by atoms with Crippen LogP contribution in [0.15, 0.2) is 16.6 Å². The first kappa shape index (κ1) is 9.31. The summed E-state index contributed by atoms with van der Waals surface area (Å²) in [5.41, 5.74) is -0.183. The Morgan fingerprint density at radius 3 is 2.55 bits per heavy atom. The van der Waals surface area contributed by atoms with E-state index >= 15 is 0 Å². The van der Waals surface area contributed by atoms with Crippen LogP contribution in [-0.2, 0) is 0 Å². The Morgan fingerprint density at radius 1 is 1.45 bits per heavy atom. The molecule has 0 bridgehead atoms. The van der Waals surface area contributed by atoms with Crippen LogP contribution in [0.1, 0.15) is 12.1 Å². The van der Waals surface area contributed by atoms with Gasteiger partial charge in [0.2, 0.25) is 0 Å². The highest BCUT2D eigenvalue weighted by Crippen LogP contribution is 2.22. The molecule has 1 nitrogen and oxygen atoms in total. The van der Waals surface area contributed by atoms with Gasteiger partial charge in [-0.05, 0) is 50.7 Å². The van der Waals surface area contributed by atoms with Gasteiger partial charge in [0.05, 0.1) is 0 Å². The normalized spacial score (nSPS) is 10.6. The van der Waals surface area contributed by atoms with Crippen LogP contribution in [0.2, 0.25) is 0 Å². The van der Waals surface area contributed by atoms with E-state index in [9.17, 15) is 8.78 Å². The third kappa shape index (κ3) is 2.33. The maximum atomic E-state index is 12.0. The van der Waals surface area contributed by atoms with Crippen molar-refractivity contribution in [1.82, 2.24) is 4.98 Å². The Kier molecular flexibility index (Phi) is 3.17. The van der Waals surface area contributed by atoms with E-state index in [1.165, 1.54) is 6.07 Å². The number of hydrogen-bond donors (Lipinski definition) is 0. The Morgan fingerprint density at radius 2 is 2.09 bits per heavy atom. The maximum absolute atomic E-state index is 12.0. The number of alkyl halides is 2. The van der Waals surface area contributed by atoms with Crippen molar-refractivity contribution in [1.29, 1.82) is 0 Å². The highest BCUT2D eigenvalue weighted by Gasteiger charge is 2.09. The molecule has 0 spiro atoms. The quantitative estimate of drug-likeness (QED) is 0.567. The van der Waals surface area contributed by atoms with E-state index in [0.717, 1.165) is 4.47 Å². The fourth-order valence-electron chi connectivity index (χ4n) is 0.553. The molecule has 0 radical (unpaired) electrons. The highest BCUT2D eigenvalue weighted by molar-refractivity contribution is 14.1. The van der Waals surface area contributed by atoms with E-state index in [1.807, 2.05) is 22.6 Å². The van der Waals surface area contributed by atoms with Gasteiger partial charge in [0, 0.05) is 4.47 Å². The molecular formula is C6H3BrF2IN. The fourth-order valence-corrected chi connectivity index (χ4v) is 1.23. The van der Waals surface area contributed by atoms with Crippen molar-refractivity contribution >= 4 is 38.5 Å². The van der Waals surface area contributed by atoms with Crippen LogP contribution in [0.5, 0.6) is 0 Å². The van der Waals surface area contributed by atoms with Gasteiger partial charge in [0.25, 0.3) is 6.43 Å². The van der Waals surface area contributed by atoms with Crippen molar-refractivity contribution in [3.63, 3.8) is 0 Å². The number of pyridine rings is 1. The van der Waals surface area contributed by atoms with Crippen LogP contribution in [-0.4, -0.2) is 4.98 Å².